The van der Waals surface area contributed by atoms with Gasteiger partial charge >= 0.3 is 0 Å². The van der Waals surface area contributed by atoms with Crippen LogP contribution in [-0.2, 0) is 4.79 Å². The second-order valence-electron chi connectivity index (χ2n) is 4.93. The van der Waals surface area contributed by atoms with Gasteiger partial charge in [0.2, 0.25) is 5.91 Å². The number of thiazole rings is 1. The van der Waals surface area contributed by atoms with Crippen molar-refractivity contribution in [3.63, 3.8) is 0 Å². The van der Waals surface area contributed by atoms with Gasteiger partial charge in [0.05, 0.1) is 6.04 Å². The number of carbonyl (C=O) groups is 1. The minimum Gasteiger partial charge on any atom is -0.346 e. The summed E-state index contributed by atoms with van der Waals surface area (Å²) < 4.78 is 0. The molecule has 2 aliphatic rings. The van der Waals surface area contributed by atoms with Crippen molar-refractivity contribution in [2.75, 3.05) is 0 Å². The van der Waals surface area contributed by atoms with E-state index in [0.717, 1.165) is 23.5 Å². The molecule has 0 unspecified atom stereocenters. The first kappa shape index (κ1) is 10.3. The van der Waals surface area contributed by atoms with Crippen LogP contribution >= 0.6 is 11.3 Å². The van der Waals surface area contributed by atoms with Gasteiger partial charge in [-0.25, -0.2) is 4.98 Å². The van der Waals surface area contributed by atoms with Crippen molar-refractivity contribution in [1.29, 1.82) is 0 Å². The first-order valence-corrected chi connectivity index (χ1v) is 6.84. The largest absolute Gasteiger partial charge is 0.346 e. The molecule has 86 valence electrons. The second kappa shape index (κ2) is 3.84. The van der Waals surface area contributed by atoms with Crippen molar-refractivity contribution in [2.45, 2.75) is 38.6 Å². The molecule has 0 radical (unpaired) electrons. The Kier molecular flexibility index (Phi) is 2.46. The number of amides is 1. The molecule has 1 amide bonds. The summed E-state index contributed by atoms with van der Waals surface area (Å²) >= 11 is 1.67. The van der Waals surface area contributed by atoms with Crippen molar-refractivity contribution >= 4 is 17.2 Å². The zero-order chi connectivity index (χ0) is 11.1. The van der Waals surface area contributed by atoms with Crippen LogP contribution in [0.3, 0.4) is 0 Å². The molecular formula is C12H16N2OS. The van der Waals surface area contributed by atoms with E-state index in [1.54, 1.807) is 11.3 Å². The molecule has 2 aliphatic carbocycles. The molecule has 1 aromatic rings. The van der Waals surface area contributed by atoms with Gasteiger partial charge in [0.1, 0.15) is 5.01 Å². The van der Waals surface area contributed by atoms with Crippen LogP contribution in [0.4, 0.5) is 0 Å². The maximum absolute atomic E-state index is 11.8. The lowest BCUT2D eigenvalue weighted by atomic mass is 10.2. The van der Waals surface area contributed by atoms with Gasteiger partial charge < -0.3 is 5.32 Å². The minimum absolute atomic E-state index is 0.187. The van der Waals surface area contributed by atoms with E-state index in [1.807, 2.05) is 6.92 Å². The normalized spacial score (nSPS) is 21.8. The van der Waals surface area contributed by atoms with Crippen molar-refractivity contribution in [3.8, 4) is 0 Å². The van der Waals surface area contributed by atoms with Crippen molar-refractivity contribution in [2.24, 2.45) is 11.8 Å². The van der Waals surface area contributed by atoms with E-state index < -0.39 is 0 Å². The Labute approximate surface area is 99.3 Å². The van der Waals surface area contributed by atoms with E-state index >= 15 is 0 Å². The van der Waals surface area contributed by atoms with Crippen LogP contribution < -0.4 is 5.32 Å². The number of aromatic nitrogens is 1. The lowest BCUT2D eigenvalue weighted by Crippen LogP contribution is -2.30. The monoisotopic (exact) mass is 236 g/mol. The average molecular weight is 236 g/mol. The zero-order valence-electron chi connectivity index (χ0n) is 9.40. The van der Waals surface area contributed by atoms with Crippen LogP contribution in [0.1, 0.15) is 42.4 Å². The van der Waals surface area contributed by atoms with Crippen LogP contribution in [0.5, 0.6) is 0 Å². The van der Waals surface area contributed by atoms with E-state index in [4.69, 9.17) is 0 Å². The third-order valence-electron chi connectivity index (χ3n) is 3.24. The van der Waals surface area contributed by atoms with E-state index in [0.29, 0.717) is 11.8 Å². The molecule has 1 atom stereocenters. The number of hydrogen-bond acceptors (Lipinski definition) is 3. The standard InChI is InChI=1S/C12H16N2OS/c1-7-6-16-12(13-7)10(8-2-3-8)14-11(15)9-4-5-9/h6,8-10H,2-5H2,1H3,(H,14,15)/t10-/m0/s1. The highest BCUT2D eigenvalue weighted by atomic mass is 32.1. The smallest absolute Gasteiger partial charge is 0.223 e. The van der Waals surface area contributed by atoms with E-state index in [1.165, 1.54) is 12.8 Å². The Hall–Kier alpha value is -0.900. The van der Waals surface area contributed by atoms with Crippen LogP contribution in [0, 0.1) is 18.8 Å². The Morgan fingerprint density at radius 2 is 2.25 bits per heavy atom. The van der Waals surface area contributed by atoms with Crippen LogP contribution in [-0.4, -0.2) is 10.9 Å². The summed E-state index contributed by atoms with van der Waals surface area (Å²) in [5.74, 6) is 1.17. The molecule has 3 nitrogen and oxygen atoms in total. The highest BCUT2D eigenvalue weighted by Crippen LogP contribution is 2.42. The topological polar surface area (TPSA) is 42.0 Å². The molecular weight excluding hydrogens is 220 g/mol. The van der Waals surface area contributed by atoms with Gasteiger partial charge in [-0.2, -0.15) is 0 Å². The molecule has 2 fully saturated rings. The number of nitrogens with zero attached hydrogens (tertiary/aromatic N) is 1. The van der Waals surface area contributed by atoms with Gasteiger partial charge in [-0.3, -0.25) is 4.79 Å². The highest BCUT2D eigenvalue weighted by molar-refractivity contribution is 7.09. The molecule has 0 spiro atoms. The maximum atomic E-state index is 11.8. The van der Waals surface area contributed by atoms with E-state index in [-0.39, 0.29) is 11.9 Å². The van der Waals surface area contributed by atoms with Gasteiger partial charge in [0.15, 0.2) is 0 Å². The predicted molar refractivity (Wildman–Crippen MR) is 63.2 cm³/mol. The molecule has 16 heavy (non-hydrogen) atoms. The third-order valence-corrected chi connectivity index (χ3v) is 4.29. The summed E-state index contributed by atoms with van der Waals surface area (Å²) in [5, 5.41) is 6.33. The van der Waals surface area contributed by atoms with Gasteiger partial charge in [0.25, 0.3) is 0 Å². The van der Waals surface area contributed by atoms with Crippen LogP contribution in [0.25, 0.3) is 0 Å². The van der Waals surface area contributed by atoms with E-state index in [9.17, 15) is 4.79 Å². The molecule has 2 saturated carbocycles. The quantitative estimate of drug-likeness (QED) is 0.872. The number of aryl methyl sites for hydroxylation is 1. The molecule has 1 aromatic heterocycles. The average Bonchev–Trinajstić information content (AvgIpc) is 3.13. The Morgan fingerprint density at radius 3 is 2.75 bits per heavy atom. The number of carbonyl (C=O) groups excluding carboxylic acids is 1. The summed E-state index contributed by atoms with van der Waals surface area (Å²) in [5.41, 5.74) is 1.06. The molecule has 1 N–H and O–H groups in total. The first-order chi connectivity index (χ1) is 7.74. The molecule has 0 bridgehead atoms. The highest BCUT2D eigenvalue weighted by Gasteiger charge is 2.38. The number of rotatable bonds is 4. The van der Waals surface area contributed by atoms with Gasteiger partial charge in [0, 0.05) is 17.0 Å². The number of nitrogens with one attached hydrogen (secondary N) is 1. The minimum atomic E-state index is 0.187. The first-order valence-electron chi connectivity index (χ1n) is 5.96. The van der Waals surface area contributed by atoms with Crippen LogP contribution in [0.15, 0.2) is 5.38 Å². The van der Waals surface area contributed by atoms with E-state index in [2.05, 4.69) is 15.7 Å². The summed E-state index contributed by atoms with van der Waals surface area (Å²) in [6, 6.07) is 0.187. The predicted octanol–water partition coefficient (Wildman–Crippen LogP) is 2.43. The fraction of sp³-hybridized carbons (Fsp3) is 0.667. The zero-order valence-corrected chi connectivity index (χ0v) is 10.2. The Bertz CT molecular complexity index is 407. The lowest BCUT2D eigenvalue weighted by Gasteiger charge is -2.15. The van der Waals surface area contributed by atoms with Gasteiger partial charge in [-0.15, -0.1) is 11.3 Å². The third kappa shape index (κ3) is 2.12. The molecule has 3 rings (SSSR count). The van der Waals surface area contributed by atoms with Crippen molar-refractivity contribution < 1.29 is 4.79 Å². The molecule has 0 aliphatic heterocycles. The molecule has 1 heterocycles. The van der Waals surface area contributed by atoms with Crippen LogP contribution in [0.2, 0.25) is 0 Å². The van der Waals surface area contributed by atoms with Crippen molar-refractivity contribution in [3.05, 3.63) is 16.1 Å². The molecule has 0 saturated heterocycles. The summed E-state index contributed by atoms with van der Waals surface area (Å²) in [4.78, 5) is 16.3. The summed E-state index contributed by atoms with van der Waals surface area (Å²) in [6.45, 7) is 2.01. The fourth-order valence-corrected chi connectivity index (χ4v) is 2.88. The molecule has 0 aromatic carbocycles. The Balaban J connectivity index is 1.72. The second-order valence-corrected chi connectivity index (χ2v) is 5.81. The molecule has 4 heteroatoms. The lowest BCUT2D eigenvalue weighted by molar-refractivity contribution is -0.123. The maximum Gasteiger partial charge on any atom is 0.223 e. The fourth-order valence-electron chi connectivity index (χ4n) is 1.94. The van der Waals surface area contributed by atoms with Gasteiger partial charge in [-0.1, -0.05) is 0 Å². The van der Waals surface area contributed by atoms with Gasteiger partial charge in [-0.05, 0) is 38.5 Å². The van der Waals surface area contributed by atoms with Crippen molar-refractivity contribution in [1.82, 2.24) is 10.3 Å². The Morgan fingerprint density at radius 1 is 1.50 bits per heavy atom. The summed E-state index contributed by atoms with van der Waals surface area (Å²) in [6.07, 6.45) is 4.60. The summed E-state index contributed by atoms with van der Waals surface area (Å²) in [7, 11) is 0. The number of hydrogen-bond donors (Lipinski definition) is 1. The SMILES string of the molecule is Cc1csc([C@@H](NC(=O)C2CC2)C2CC2)n1.